The lowest BCUT2D eigenvalue weighted by Gasteiger charge is -2.06. The monoisotopic (exact) mass is 223 g/mol. The van der Waals surface area contributed by atoms with Gasteiger partial charge in [0.25, 0.3) is 0 Å². The molecule has 0 radical (unpaired) electrons. The molecule has 0 spiro atoms. The molecule has 0 aliphatic heterocycles. The molecule has 0 aliphatic carbocycles. The second-order valence-electron chi connectivity index (χ2n) is 3.66. The summed E-state index contributed by atoms with van der Waals surface area (Å²) < 4.78 is 12.0. The van der Waals surface area contributed by atoms with Gasteiger partial charge >= 0.3 is 0 Å². The van der Waals surface area contributed by atoms with Gasteiger partial charge < -0.3 is 5.32 Å². The van der Waals surface area contributed by atoms with Crippen molar-refractivity contribution in [2.24, 2.45) is 0 Å². The van der Waals surface area contributed by atoms with Crippen LogP contribution in [0.15, 0.2) is 46.3 Å². The summed E-state index contributed by atoms with van der Waals surface area (Å²) in [6.45, 7) is 5.98. The van der Waals surface area contributed by atoms with Crippen molar-refractivity contribution >= 4 is 10.8 Å². The van der Waals surface area contributed by atoms with E-state index in [1.54, 1.807) is 0 Å². The normalized spacial score (nSPS) is 14.0. The van der Waals surface area contributed by atoms with Gasteiger partial charge in [0.1, 0.15) is 0 Å². The Bertz CT molecular complexity index is 357. The Morgan fingerprint density at radius 3 is 2.47 bits per heavy atom. The molecular weight excluding hydrogens is 206 g/mol. The minimum Gasteiger partial charge on any atom is -0.388 e. The lowest BCUT2D eigenvalue weighted by Crippen LogP contribution is -2.16. The molecule has 0 aliphatic rings. The molecule has 1 atom stereocenters. The topological polar surface area (TPSA) is 29.1 Å². The molecule has 1 unspecified atom stereocenters. The van der Waals surface area contributed by atoms with Crippen LogP contribution in [-0.2, 0) is 10.8 Å². The van der Waals surface area contributed by atoms with Crippen LogP contribution in [0.2, 0.25) is 0 Å². The van der Waals surface area contributed by atoms with Gasteiger partial charge in [0.15, 0.2) is 0 Å². The highest BCUT2D eigenvalue weighted by molar-refractivity contribution is 7.89. The third-order valence-corrected chi connectivity index (χ3v) is 3.27. The zero-order valence-electron chi connectivity index (χ0n) is 9.36. The van der Waals surface area contributed by atoms with Crippen LogP contribution in [0.4, 0.5) is 0 Å². The molecule has 1 N–H and O–H groups in total. The van der Waals surface area contributed by atoms with Crippen molar-refractivity contribution in [3.8, 4) is 0 Å². The molecule has 0 fully saturated rings. The zero-order chi connectivity index (χ0) is 11.3. The fraction of sp³-hybridized carbons (Fsp3) is 0.333. The van der Waals surface area contributed by atoms with E-state index < -0.39 is 10.8 Å². The second-order valence-corrected chi connectivity index (χ2v) is 5.31. The van der Waals surface area contributed by atoms with Gasteiger partial charge in [0.2, 0.25) is 0 Å². The summed E-state index contributed by atoms with van der Waals surface area (Å²) in [5.41, 5.74) is 0. The first-order valence-corrected chi connectivity index (χ1v) is 6.16. The van der Waals surface area contributed by atoms with Gasteiger partial charge in [0, 0.05) is 22.0 Å². The van der Waals surface area contributed by atoms with Crippen molar-refractivity contribution < 1.29 is 4.21 Å². The Kier molecular flexibility index (Phi) is 4.56. The highest BCUT2D eigenvalue weighted by Gasteiger charge is 2.04. The fourth-order valence-corrected chi connectivity index (χ4v) is 2.02. The summed E-state index contributed by atoms with van der Waals surface area (Å²) in [4.78, 5) is 1.69. The third kappa shape index (κ3) is 3.88. The molecule has 2 nitrogen and oxygen atoms in total. The van der Waals surface area contributed by atoms with Crippen molar-refractivity contribution in [2.45, 2.75) is 31.7 Å². The van der Waals surface area contributed by atoms with Crippen LogP contribution in [0.25, 0.3) is 0 Å². The number of hydrogen-bond donors (Lipinski definition) is 1. The zero-order valence-corrected chi connectivity index (χ0v) is 10.2. The van der Waals surface area contributed by atoms with Crippen molar-refractivity contribution in [2.75, 3.05) is 0 Å². The van der Waals surface area contributed by atoms with Gasteiger partial charge in [0.05, 0.1) is 10.8 Å². The van der Waals surface area contributed by atoms with Crippen LogP contribution in [-0.4, -0.2) is 10.3 Å². The van der Waals surface area contributed by atoms with Crippen LogP contribution >= 0.6 is 0 Å². The first-order chi connectivity index (χ1) is 7.11. The molecule has 1 aromatic rings. The van der Waals surface area contributed by atoms with E-state index in [0.29, 0.717) is 6.04 Å². The highest BCUT2D eigenvalue weighted by Crippen LogP contribution is 2.12. The van der Waals surface area contributed by atoms with Crippen LogP contribution < -0.4 is 5.32 Å². The minimum absolute atomic E-state index is 0.368. The SMILES string of the molecule is C/C(=C\NC(C)C)S(=O)c1ccccc1. The summed E-state index contributed by atoms with van der Waals surface area (Å²) in [5.74, 6) is 0. The molecule has 1 aromatic carbocycles. The van der Waals surface area contributed by atoms with Crippen molar-refractivity contribution in [1.29, 1.82) is 0 Å². The predicted octanol–water partition coefficient (Wildman–Crippen LogP) is 2.65. The number of benzene rings is 1. The number of allylic oxidation sites excluding steroid dienone is 1. The first kappa shape index (κ1) is 12.0. The first-order valence-electron chi connectivity index (χ1n) is 5.01. The maximum Gasteiger partial charge on any atom is 0.0820 e. The summed E-state index contributed by atoms with van der Waals surface area (Å²) >= 11 is 0. The third-order valence-electron chi connectivity index (χ3n) is 1.87. The summed E-state index contributed by atoms with van der Waals surface area (Å²) in [7, 11) is -1.05. The lowest BCUT2D eigenvalue weighted by atomic mass is 10.4. The number of rotatable bonds is 4. The van der Waals surface area contributed by atoms with Gasteiger partial charge in [-0.05, 0) is 32.9 Å². The average molecular weight is 223 g/mol. The van der Waals surface area contributed by atoms with Crippen LogP contribution in [0.5, 0.6) is 0 Å². The van der Waals surface area contributed by atoms with Crippen LogP contribution in [0.1, 0.15) is 20.8 Å². The summed E-state index contributed by atoms with van der Waals surface area (Å²) in [6.07, 6.45) is 1.83. The summed E-state index contributed by atoms with van der Waals surface area (Å²) in [5, 5.41) is 3.14. The molecule has 3 heteroatoms. The smallest absolute Gasteiger partial charge is 0.0820 e. The van der Waals surface area contributed by atoms with E-state index in [-0.39, 0.29) is 0 Å². The van der Waals surface area contributed by atoms with Crippen LogP contribution in [0, 0.1) is 0 Å². The fourth-order valence-electron chi connectivity index (χ4n) is 1.07. The van der Waals surface area contributed by atoms with Crippen molar-refractivity contribution in [3.63, 3.8) is 0 Å². The molecule has 15 heavy (non-hydrogen) atoms. The maximum absolute atomic E-state index is 12.0. The molecule has 0 saturated heterocycles. The standard InChI is InChI=1S/C12H17NOS/c1-10(2)13-9-11(3)15(14)12-7-5-4-6-8-12/h4-10,13H,1-3H3/b11-9+. The van der Waals surface area contributed by atoms with E-state index in [9.17, 15) is 4.21 Å². The van der Waals surface area contributed by atoms with Gasteiger partial charge in [-0.15, -0.1) is 0 Å². The molecule has 0 aromatic heterocycles. The lowest BCUT2D eigenvalue weighted by molar-refractivity contribution is 0.683. The second kappa shape index (κ2) is 5.71. The Labute approximate surface area is 93.9 Å². The molecule has 0 bridgehead atoms. The molecular formula is C12H17NOS. The van der Waals surface area contributed by atoms with Crippen molar-refractivity contribution in [3.05, 3.63) is 41.4 Å². The summed E-state index contributed by atoms with van der Waals surface area (Å²) in [6, 6.07) is 9.84. The van der Waals surface area contributed by atoms with Gasteiger partial charge in [-0.1, -0.05) is 18.2 Å². The minimum atomic E-state index is -1.05. The van der Waals surface area contributed by atoms with Gasteiger partial charge in [-0.25, -0.2) is 4.21 Å². The van der Waals surface area contributed by atoms with E-state index in [1.165, 1.54) is 0 Å². The van der Waals surface area contributed by atoms with E-state index in [0.717, 1.165) is 9.80 Å². The highest BCUT2D eigenvalue weighted by atomic mass is 32.2. The van der Waals surface area contributed by atoms with Gasteiger partial charge in [-0.3, -0.25) is 0 Å². The van der Waals surface area contributed by atoms with E-state index in [4.69, 9.17) is 0 Å². The molecule has 82 valence electrons. The molecule has 1 rings (SSSR count). The Morgan fingerprint density at radius 2 is 1.93 bits per heavy atom. The largest absolute Gasteiger partial charge is 0.388 e. The van der Waals surface area contributed by atoms with Gasteiger partial charge in [-0.2, -0.15) is 0 Å². The Balaban J connectivity index is 2.73. The Morgan fingerprint density at radius 1 is 1.33 bits per heavy atom. The van der Waals surface area contributed by atoms with Crippen molar-refractivity contribution in [1.82, 2.24) is 5.32 Å². The van der Waals surface area contributed by atoms with E-state index in [1.807, 2.05) is 43.5 Å². The predicted molar refractivity (Wildman–Crippen MR) is 64.9 cm³/mol. The van der Waals surface area contributed by atoms with Crippen LogP contribution in [0.3, 0.4) is 0 Å². The number of nitrogens with one attached hydrogen (secondary N) is 1. The maximum atomic E-state index is 12.0. The van der Waals surface area contributed by atoms with E-state index in [2.05, 4.69) is 19.2 Å². The molecule has 0 heterocycles. The number of hydrogen-bond acceptors (Lipinski definition) is 2. The molecule has 0 saturated carbocycles. The average Bonchev–Trinajstić information content (AvgIpc) is 2.26. The Hall–Kier alpha value is -1.09. The molecule has 0 amide bonds. The van der Waals surface area contributed by atoms with E-state index >= 15 is 0 Å². The quantitative estimate of drug-likeness (QED) is 0.850.